The summed E-state index contributed by atoms with van der Waals surface area (Å²) in [6, 6.07) is 5.40. The van der Waals surface area contributed by atoms with Gasteiger partial charge in [0.05, 0.1) is 11.2 Å². The van der Waals surface area contributed by atoms with E-state index in [0.717, 1.165) is 5.39 Å². The first-order valence-electron chi connectivity index (χ1n) is 7.23. The average molecular weight is 300 g/mol. The molecule has 3 heterocycles. The van der Waals surface area contributed by atoms with Crippen molar-refractivity contribution in [2.45, 2.75) is 38.9 Å². The van der Waals surface area contributed by atoms with E-state index in [9.17, 15) is 4.39 Å². The number of fused-ring (bicyclic) bond motifs is 1. The highest BCUT2D eigenvalue weighted by Crippen LogP contribution is 2.39. The maximum atomic E-state index is 14.6. The normalized spacial score (nSPS) is 20.6. The summed E-state index contributed by atoms with van der Waals surface area (Å²) in [4.78, 5) is 8.34. The quantitative estimate of drug-likeness (QED) is 0.795. The highest BCUT2D eigenvalue weighted by Gasteiger charge is 2.53. The van der Waals surface area contributed by atoms with Crippen LogP contribution in [-0.4, -0.2) is 28.3 Å². The maximum Gasteiger partial charge on any atom is 0.525 e. The number of hydrogen-bond donors (Lipinski definition) is 0. The molecular weight excluding hydrogens is 282 g/mol. The van der Waals surface area contributed by atoms with Crippen LogP contribution < -0.4 is 0 Å². The molecule has 0 unspecified atom stereocenters. The molecule has 0 aliphatic carbocycles. The van der Waals surface area contributed by atoms with E-state index in [2.05, 4.69) is 9.97 Å². The van der Waals surface area contributed by atoms with Gasteiger partial charge in [-0.1, -0.05) is 0 Å². The molecule has 1 aliphatic heterocycles. The Bertz CT molecular complexity index is 725. The summed E-state index contributed by atoms with van der Waals surface area (Å²) in [5.41, 5.74) is -0.312. The minimum absolute atomic E-state index is 0.463. The molecule has 4 nitrogen and oxygen atoms in total. The van der Waals surface area contributed by atoms with Gasteiger partial charge in [-0.25, -0.2) is 14.4 Å². The molecular formula is C16H18BFN2O2. The van der Waals surface area contributed by atoms with Crippen molar-refractivity contribution in [3.8, 4) is 0 Å². The van der Waals surface area contributed by atoms with E-state index >= 15 is 0 Å². The van der Waals surface area contributed by atoms with E-state index < -0.39 is 24.0 Å². The van der Waals surface area contributed by atoms with E-state index in [4.69, 9.17) is 9.31 Å². The predicted molar refractivity (Wildman–Crippen MR) is 84.7 cm³/mol. The lowest BCUT2D eigenvalue weighted by Crippen LogP contribution is -2.41. The summed E-state index contributed by atoms with van der Waals surface area (Å²) in [7, 11) is -0.995. The Kier molecular flexibility index (Phi) is 3.53. The summed E-state index contributed by atoms with van der Waals surface area (Å²) < 4.78 is 26.0. The molecule has 6 heteroatoms. The van der Waals surface area contributed by atoms with E-state index in [0.29, 0.717) is 11.2 Å². The smallest absolute Gasteiger partial charge is 0.398 e. The molecule has 0 aromatic carbocycles. The van der Waals surface area contributed by atoms with Gasteiger partial charge in [-0.2, -0.15) is 0 Å². The van der Waals surface area contributed by atoms with Crippen molar-refractivity contribution in [1.82, 2.24) is 9.97 Å². The van der Waals surface area contributed by atoms with E-state index in [1.807, 2.05) is 33.8 Å². The van der Waals surface area contributed by atoms with Crippen LogP contribution in [0.25, 0.3) is 17.1 Å². The van der Waals surface area contributed by atoms with Gasteiger partial charge in [-0.15, -0.1) is 0 Å². The monoisotopic (exact) mass is 300 g/mol. The fraction of sp³-hybridized carbons (Fsp3) is 0.375. The van der Waals surface area contributed by atoms with Crippen LogP contribution in [0.1, 0.15) is 33.3 Å². The van der Waals surface area contributed by atoms with Crippen LogP contribution in [0.4, 0.5) is 4.39 Å². The third-order valence-corrected chi connectivity index (χ3v) is 4.32. The zero-order valence-corrected chi connectivity index (χ0v) is 13.1. The fourth-order valence-corrected chi connectivity index (χ4v) is 2.30. The number of pyridine rings is 2. The van der Waals surface area contributed by atoms with Crippen molar-refractivity contribution in [1.29, 1.82) is 0 Å². The van der Waals surface area contributed by atoms with Gasteiger partial charge < -0.3 is 9.31 Å². The summed E-state index contributed by atoms with van der Waals surface area (Å²) in [6.45, 7) is 7.58. The molecule has 0 amide bonds. The van der Waals surface area contributed by atoms with Crippen LogP contribution in [0, 0.1) is 0 Å². The highest BCUT2D eigenvalue weighted by molar-refractivity contribution is 6.54. The second-order valence-corrected chi connectivity index (χ2v) is 6.39. The minimum atomic E-state index is -0.995. The lowest BCUT2D eigenvalue weighted by atomic mass is 9.86. The zero-order chi connectivity index (χ0) is 16.0. The summed E-state index contributed by atoms with van der Waals surface area (Å²) >= 11 is 0. The van der Waals surface area contributed by atoms with Crippen molar-refractivity contribution in [3.63, 3.8) is 0 Å². The van der Waals surface area contributed by atoms with Crippen LogP contribution in [0.5, 0.6) is 0 Å². The molecule has 114 valence electrons. The second kappa shape index (κ2) is 5.14. The molecule has 0 radical (unpaired) electrons. The molecule has 1 aliphatic rings. The van der Waals surface area contributed by atoms with E-state index in [1.165, 1.54) is 6.08 Å². The number of nitrogens with zero attached hydrogens (tertiary/aromatic N) is 2. The molecule has 22 heavy (non-hydrogen) atoms. The molecule has 0 saturated carbocycles. The highest BCUT2D eigenvalue weighted by atomic mass is 19.1. The topological polar surface area (TPSA) is 44.2 Å². The van der Waals surface area contributed by atoms with Gasteiger partial charge in [0.1, 0.15) is 5.73 Å². The van der Waals surface area contributed by atoms with E-state index in [-0.39, 0.29) is 0 Å². The number of aromatic nitrogens is 2. The SMILES string of the molecule is CC1(C)OB(C(F)=Cc2ccnc3ncccc23)OC1(C)C. The number of rotatable bonds is 2. The fourth-order valence-electron chi connectivity index (χ4n) is 2.30. The molecule has 0 atom stereocenters. The van der Waals surface area contributed by atoms with Crippen LogP contribution in [0.3, 0.4) is 0 Å². The second-order valence-electron chi connectivity index (χ2n) is 6.39. The summed E-state index contributed by atoms with van der Waals surface area (Å²) in [6.07, 6.45) is 4.69. The predicted octanol–water partition coefficient (Wildman–Crippen LogP) is 3.57. The van der Waals surface area contributed by atoms with E-state index in [1.54, 1.807) is 24.5 Å². The minimum Gasteiger partial charge on any atom is -0.398 e. The molecule has 0 bridgehead atoms. The summed E-state index contributed by atoms with van der Waals surface area (Å²) in [5, 5.41) is 0.789. The Balaban J connectivity index is 1.95. The molecule has 2 aromatic rings. The third kappa shape index (κ3) is 2.53. The molecule has 2 aromatic heterocycles. The van der Waals surface area contributed by atoms with Gasteiger partial charge in [0.2, 0.25) is 0 Å². The van der Waals surface area contributed by atoms with Gasteiger partial charge in [-0.3, -0.25) is 0 Å². The first-order valence-corrected chi connectivity index (χ1v) is 7.23. The molecule has 0 N–H and O–H groups in total. The third-order valence-electron chi connectivity index (χ3n) is 4.32. The largest absolute Gasteiger partial charge is 0.525 e. The Morgan fingerprint density at radius 2 is 1.73 bits per heavy atom. The van der Waals surface area contributed by atoms with Gasteiger partial charge in [-0.05, 0) is 57.5 Å². The standard InChI is InChI=1S/C16H18BFN2O2/c1-15(2)16(3,4)22-17(21-15)13(18)10-11-7-9-20-14-12(11)6-5-8-19-14/h5-10H,1-4H3. The van der Waals surface area contributed by atoms with Crippen molar-refractivity contribution < 1.29 is 13.7 Å². The van der Waals surface area contributed by atoms with Gasteiger partial charge in [0.15, 0.2) is 5.65 Å². The Labute approximate surface area is 129 Å². The Morgan fingerprint density at radius 1 is 1.09 bits per heavy atom. The first kappa shape index (κ1) is 15.1. The van der Waals surface area contributed by atoms with Crippen molar-refractivity contribution in [2.24, 2.45) is 0 Å². The average Bonchev–Trinajstić information content (AvgIpc) is 2.68. The van der Waals surface area contributed by atoms with Crippen LogP contribution in [0.2, 0.25) is 0 Å². The molecule has 1 fully saturated rings. The lowest BCUT2D eigenvalue weighted by Gasteiger charge is -2.32. The van der Waals surface area contributed by atoms with Gasteiger partial charge >= 0.3 is 7.12 Å². The van der Waals surface area contributed by atoms with Crippen LogP contribution >= 0.6 is 0 Å². The molecule has 3 rings (SSSR count). The Hall–Kier alpha value is -1.79. The van der Waals surface area contributed by atoms with Crippen LogP contribution in [-0.2, 0) is 9.31 Å². The van der Waals surface area contributed by atoms with Crippen molar-refractivity contribution >= 4 is 24.2 Å². The number of hydrogen-bond acceptors (Lipinski definition) is 4. The van der Waals surface area contributed by atoms with Crippen molar-refractivity contribution in [2.75, 3.05) is 0 Å². The molecule has 0 spiro atoms. The van der Waals surface area contributed by atoms with Crippen LogP contribution in [0.15, 0.2) is 36.3 Å². The zero-order valence-electron chi connectivity index (χ0n) is 13.1. The van der Waals surface area contributed by atoms with Crippen molar-refractivity contribution in [3.05, 3.63) is 41.9 Å². The summed E-state index contributed by atoms with van der Waals surface area (Å²) in [5.74, 6) is 0. The molecule has 1 saturated heterocycles. The lowest BCUT2D eigenvalue weighted by molar-refractivity contribution is 0.00578. The first-order chi connectivity index (χ1) is 10.3. The number of halogens is 1. The maximum absolute atomic E-state index is 14.6. The van der Waals surface area contributed by atoms with Gasteiger partial charge in [0.25, 0.3) is 0 Å². The van der Waals surface area contributed by atoms with Gasteiger partial charge in [0, 0.05) is 17.8 Å². The Morgan fingerprint density at radius 3 is 2.41 bits per heavy atom.